The van der Waals surface area contributed by atoms with Crippen molar-refractivity contribution in [1.82, 2.24) is 9.44 Å². The van der Waals surface area contributed by atoms with Crippen molar-refractivity contribution in [3.63, 3.8) is 0 Å². The minimum absolute atomic E-state index is 0.0858. The first kappa shape index (κ1) is 11.8. The molecule has 6 heteroatoms. The molecule has 3 N–H and O–H groups in total. The van der Waals surface area contributed by atoms with Crippen molar-refractivity contribution in [3.05, 3.63) is 0 Å². The van der Waals surface area contributed by atoms with Crippen LogP contribution in [0.3, 0.4) is 0 Å². The zero-order valence-electron chi connectivity index (χ0n) is 7.37. The molecule has 74 valence electrons. The summed E-state index contributed by atoms with van der Waals surface area (Å²) in [6.07, 6.45) is 0.603. The lowest BCUT2D eigenvalue weighted by Gasteiger charge is -2.10. The smallest absolute Gasteiger partial charge is 0.276 e. The van der Waals surface area contributed by atoms with Crippen LogP contribution in [0.5, 0.6) is 0 Å². The summed E-state index contributed by atoms with van der Waals surface area (Å²) in [5.41, 5.74) is 0. The van der Waals surface area contributed by atoms with Gasteiger partial charge in [0.05, 0.1) is 0 Å². The number of hydrogen-bond donors (Lipinski definition) is 3. The number of hydrogen-bond acceptors (Lipinski definition) is 3. The summed E-state index contributed by atoms with van der Waals surface area (Å²) in [5, 5.41) is 8.53. The molecule has 0 aromatic rings. The Morgan fingerprint density at radius 1 is 1.50 bits per heavy atom. The predicted molar refractivity (Wildman–Crippen MR) is 46.8 cm³/mol. The molecule has 12 heavy (non-hydrogen) atoms. The van der Waals surface area contributed by atoms with Gasteiger partial charge in [0.15, 0.2) is 0 Å². The number of aliphatic hydroxyl groups excluding tert-OH is 1. The summed E-state index contributed by atoms with van der Waals surface area (Å²) in [5.74, 6) is 0.151. The van der Waals surface area contributed by atoms with Gasteiger partial charge in [-0.2, -0.15) is 8.42 Å². The summed E-state index contributed by atoms with van der Waals surface area (Å²) in [4.78, 5) is 0. The van der Waals surface area contributed by atoms with Gasteiger partial charge < -0.3 is 5.11 Å². The third-order valence-corrected chi connectivity index (χ3v) is 2.60. The summed E-state index contributed by atoms with van der Waals surface area (Å²) >= 11 is 0. The fraction of sp³-hybridized carbons (Fsp3) is 1.00. The fourth-order valence-electron chi connectivity index (χ4n) is 0.647. The Morgan fingerprint density at radius 3 is 2.50 bits per heavy atom. The molecule has 0 heterocycles. The molecule has 1 unspecified atom stereocenters. The van der Waals surface area contributed by atoms with E-state index in [1.54, 1.807) is 0 Å². The van der Waals surface area contributed by atoms with E-state index in [9.17, 15) is 8.42 Å². The second-order valence-electron chi connectivity index (χ2n) is 2.67. The van der Waals surface area contributed by atoms with Crippen molar-refractivity contribution in [1.29, 1.82) is 0 Å². The van der Waals surface area contributed by atoms with E-state index in [-0.39, 0.29) is 12.5 Å². The fourth-order valence-corrected chi connectivity index (χ4v) is 1.29. The quantitative estimate of drug-likeness (QED) is 0.513. The van der Waals surface area contributed by atoms with E-state index in [4.69, 9.17) is 5.11 Å². The van der Waals surface area contributed by atoms with Gasteiger partial charge in [-0.05, 0) is 12.3 Å². The second-order valence-corrected chi connectivity index (χ2v) is 4.38. The first-order valence-electron chi connectivity index (χ1n) is 3.81. The summed E-state index contributed by atoms with van der Waals surface area (Å²) in [6, 6.07) is 0. The molecule has 0 amide bonds. The molecular formula is C6H16N2O3S. The third kappa shape index (κ3) is 5.48. The second kappa shape index (κ2) is 5.47. The predicted octanol–water partition coefficient (Wildman–Crippen LogP) is -0.941. The zero-order valence-corrected chi connectivity index (χ0v) is 8.19. The van der Waals surface area contributed by atoms with E-state index in [2.05, 4.69) is 9.44 Å². The Bertz CT molecular complexity index is 203. The highest BCUT2D eigenvalue weighted by molar-refractivity contribution is 7.87. The zero-order chi connectivity index (χ0) is 9.61. The first-order valence-corrected chi connectivity index (χ1v) is 5.29. The Balaban J connectivity index is 3.68. The van der Waals surface area contributed by atoms with Crippen molar-refractivity contribution < 1.29 is 13.5 Å². The molecule has 0 aliphatic heterocycles. The Kier molecular flexibility index (Phi) is 5.39. The largest absolute Gasteiger partial charge is 0.396 e. The van der Waals surface area contributed by atoms with Gasteiger partial charge in [0.25, 0.3) is 10.2 Å². The summed E-state index contributed by atoms with van der Waals surface area (Å²) < 4.78 is 26.1. The molecule has 0 spiro atoms. The van der Waals surface area contributed by atoms with Crippen LogP contribution in [0, 0.1) is 5.92 Å². The molecule has 0 bridgehead atoms. The van der Waals surface area contributed by atoms with Crippen LogP contribution < -0.4 is 9.44 Å². The molecule has 5 nitrogen and oxygen atoms in total. The van der Waals surface area contributed by atoms with E-state index in [1.807, 2.05) is 6.92 Å². The van der Waals surface area contributed by atoms with Crippen LogP contribution in [-0.4, -0.2) is 33.7 Å². The summed E-state index contributed by atoms with van der Waals surface area (Å²) in [6.45, 7) is 2.31. The topological polar surface area (TPSA) is 78.4 Å². The molecular weight excluding hydrogens is 180 g/mol. The van der Waals surface area contributed by atoms with Crippen LogP contribution in [-0.2, 0) is 10.2 Å². The van der Waals surface area contributed by atoms with Crippen LogP contribution in [0.4, 0.5) is 0 Å². The average Bonchev–Trinajstić information content (AvgIpc) is 2.02. The van der Waals surface area contributed by atoms with E-state index >= 15 is 0 Å². The molecule has 0 fully saturated rings. The maximum Gasteiger partial charge on any atom is 0.276 e. The van der Waals surface area contributed by atoms with Gasteiger partial charge in [-0.3, -0.25) is 0 Å². The lowest BCUT2D eigenvalue weighted by atomic mass is 10.1. The lowest BCUT2D eigenvalue weighted by molar-refractivity contribution is 0.263. The Morgan fingerprint density at radius 2 is 2.08 bits per heavy atom. The van der Waals surface area contributed by atoms with Gasteiger partial charge in [0, 0.05) is 20.2 Å². The Hall–Kier alpha value is -0.170. The molecule has 0 saturated heterocycles. The molecule has 1 atom stereocenters. The molecule has 0 saturated carbocycles. The van der Waals surface area contributed by atoms with Gasteiger partial charge >= 0.3 is 0 Å². The van der Waals surface area contributed by atoms with Crippen LogP contribution in [0.2, 0.25) is 0 Å². The molecule has 0 rings (SSSR count). The standard InChI is InChI=1S/C6H16N2O3S/c1-6(3-4-9)5-8-12(10,11)7-2/h6-9H,3-5H2,1-2H3. The molecule has 0 aromatic carbocycles. The number of aliphatic hydroxyl groups is 1. The third-order valence-electron chi connectivity index (χ3n) is 1.51. The van der Waals surface area contributed by atoms with Crippen LogP contribution in [0.15, 0.2) is 0 Å². The monoisotopic (exact) mass is 196 g/mol. The maximum atomic E-state index is 10.8. The van der Waals surface area contributed by atoms with E-state index < -0.39 is 10.2 Å². The number of rotatable bonds is 6. The first-order chi connectivity index (χ1) is 5.52. The lowest BCUT2D eigenvalue weighted by Crippen LogP contribution is -2.36. The minimum Gasteiger partial charge on any atom is -0.396 e. The minimum atomic E-state index is -3.31. The van der Waals surface area contributed by atoms with Crippen LogP contribution >= 0.6 is 0 Å². The SMILES string of the molecule is CNS(=O)(=O)NCC(C)CCO. The van der Waals surface area contributed by atoms with Crippen molar-refractivity contribution in [3.8, 4) is 0 Å². The highest BCUT2D eigenvalue weighted by Crippen LogP contribution is 1.98. The van der Waals surface area contributed by atoms with Crippen molar-refractivity contribution in [2.45, 2.75) is 13.3 Å². The van der Waals surface area contributed by atoms with Crippen LogP contribution in [0.25, 0.3) is 0 Å². The molecule has 0 aliphatic carbocycles. The van der Waals surface area contributed by atoms with Crippen LogP contribution in [0.1, 0.15) is 13.3 Å². The van der Waals surface area contributed by atoms with E-state index in [0.29, 0.717) is 13.0 Å². The normalized spacial score (nSPS) is 14.6. The van der Waals surface area contributed by atoms with Crippen molar-refractivity contribution in [2.24, 2.45) is 5.92 Å². The molecule has 0 radical (unpaired) electrons. The molecule has 0 aliphatic rings. The summed E-state index contributed by atoms with van der Waals surface area (Å²) in [7, 11) is -1.97. The van der Waals surface area contributed by atoms with E-state index in [1.165, 1.54) is 7.05 Å². The van der Waals surface area contributed by atoms with Crippen molar-refractivity contribution >= 4 is 10.2 Å². The highest BCUT2D eigenvalue weighted by Gasteiger charge is 2.07. The Labute approximate surface area is 73.4 Å². The van der Waals surface area contributed by atoms with E-state index in [0.717, 1.165) is 0 Å². The highest BCUT2D eigenvalue weighted by atomic mass is 32.2. The van der Waals surface area contributed by atoms with Gasteiger partial charge in [0.1, 0.15) is 0 Å². The number of nitrogens with one attached hydrogen (secondary N) is 2. The molecule has 0 aromatic heterocycles. The average molecular weight is 196 g/mol. The van der Waals surface area contributed by atoms with Gasteiger partial charge in [-0.1, -0.05) is 6.92 Å². The van der Waals surface area contributed by atoms with Crippen molar-refractivity contribution in [2.75, 3.05) is 20.2 Å². The van der Waals surface area contributed by atoms with Gasteiger partial charge in [0.2, 0.25) is 0 Å². The maximum absolute atomic E-state index is 10.8. The van der Waals surface area contributed by atoms with Gasteiger partial charge in [-0.15, -0.1) is 0 Å². The van der Waals surface area contributed by atoms with Gasteiger partial charge in [-0.25, -0.2) is 9.44 Å².